The predicted molar refractivity (Wildman–Crippen MR) is 114 cm³/mol. The molecular formula is C18H14N4OS4. The van der Waals surface area contributed by atoms with Crippen molar-refractivity contribution in [2.45, 2.75) is 16.5 Å². The van der Waals surface area contributed by atoms with Crippen molar-refractivity contribution in [3.63, 3.8) is 0 Å². The lowest BCUT2D eigenvalue weighted by Gasteiger charge is -1.98. The van der Waals surface area contributed by atoms with E-state index in [2.05, 4.69) is 32.6 Å². The van der Waals surface area contributed by atoms with Crippen molar-refractivity contribution < 1.29 is 4.79 Å². The molecule has 0 saturated heterocycles. The van der Waals surface area contributed by atoms with Gasteiger partial charge in [-0.25, -0.2) is 4.98 Å². The number of thiophene rings is 1. The van der Waals surface area contributed by atoms with Crippen LogP contribution in [0.4, 0.5) is 5.13 Å². The summed E-state index contributed by atoms with van der Waals surface area (Å²) in [5.74, 6) is 0.696. The number of anilines is 1. The molecule has 1 N–H and O–H groups in total. The van der Waals surface area contributed by atoms with E-state index < -0.39 is 0 Å². The summed E-state index contributed by atoms with van der Waals surface area (Å²) in [6.07, 6.45) is 0.230. The molecule has 5 nitrogen and oxygen atoms in total. The van der Waals surface area contributed by atoms with Gasteiger partial charge in [0.15, 0.2) is 4.34 Å². The Kier molecular flexibility index (Phi) is 5.93. The van der Waals surface area contributed by atoms with Crippen LogP contribution >= 0.6 is 45.8 Å². The van der Waals surface area contributed by atoms with E-state index in [1.54, 1.807) is 34.4 Å². The summed E-state index contributed by atoms with van der Waals surface area (Å²) in [7, 11) is 0. The van der Waals surface area contributed by atoms with E-state index in [9.17, 15) is 4.79 Å². The van der Waals surface area contributed by atoms with Gasteiger partial charge >= 0.3 is 0 Å². The van der Waals surface area contributed by atoms with Gasteiger partial charge in [0, 0.05) is 11.1 Å². The SMILES string of the molecule is O=C(Cc1csc(-c2cccs2)n1)Nc1nnc(SCc2ccccc2)s1. The van der Waals surface area contributed by atoms with Gasteiger partial charge in [-0.2, -0.15) is 0 Å². The first-order valence-corrected chi connectivity index (χ1v) is 11.6. The molecule has 9 heteroatoms. The van der Waals surface area contributed by atoms with Crippen LogP contribution in [0.15, 0.2) is 57.6 Å². The number of nitrogens with one attached hydrogen (secondary N) is 1. The van der Waals surface area contributed by atoms with Gasteiger partial charge in [0.25, 0.3) is 0 Å². The normalized spacial score (nSPS) is 10.8. The van der Waals surface area contributed by atoms with Gasteiger partial charge in [0.2, 0.25) is 11.0 Å². The molecule has 0 saturated carbocycles. The van der Waals surface area contributed by atoms with Crippen LogP contribution in [0.3, 0.4) is 0 Å². The number of hydrogen-bond donors (Lipinski definition) is 1. The summed E-state index contributed by atoms with van der Waals surface area (Å²) in [5.41, 5.74) is 2.00. The number of carbonyl (C=O) groups is 1. The molecular weight excluding hydrogens is 416 g/mol. The molecule has 0 unspecified atom stereocenters. The van der Waals surface area contributed by atoms with E-state index in [4.69, 9.17) is 0 Å². The number of rotatable bonds is 7. The van der Waals surface area contributed by atoms with Gasteiger partial charge in [-0.1, -0.05) is 59.5 Å². The van der Waals surface area contributed by atoms with Gasteiger partial charge in [0.1, 0.15) is 5.01 Å². The van der Waals surface area contributed by atoms with Crippen molar-refractivity contribution in [1.29, 1.82) is 0 Å². The van der Waals surface area contributed by atoms with E-state index in [1.165, 1.54) is 16.9 Å². The minimum Gasteiger partial charge on any atom is -0.300 e. The van der Waals surface area contributed by atoms with Crippen molar-refractivity contribution in [2.24, 2.45) is 0 Å². The summed E-state index contributed by atoms with van der Waals surface area (Å²) in [6.45, 7) is 0. The number of thiazole rings is 1. The number of amides is 1. The lowest BCUT2D eigenvalue weighted by molar-refractivity contribution is -0.115. The van der Waals surface area contributed by atoms with Gasteiger partial charge in [-0.05, 0) is 17.0 Å². The molecule has 0 fully saturated rings. The Bertz CT molecular complexity index is 1010. The molecule has 136 valence electrons. The lowest BCUT2D eigenvalue weighted by atomic mass is 10.2. The second-order valence-corrected chi connectivity index (χ2v) is 9.50. The van der Waals surface area contributed by atoms with Crippen LogP contribution in [0, 0.1) is 0 Å². The van der Waals surface area contributed by atoms with E-state index in [0.29, 0.717) is 5.13 Å². The van der Waals surface area contributed by atoms with Crippen LogP contribution < -0.4 is 5.32 Å². The molecule has 27 heavy (non-hydrogen) atoms. The van der Waals surface area contributed by atoms with Crippen molar-refractivity contribution in [3.8, 4) is 9.88 Å². The molecule has 4 aromatic rings. The van der Waals surface area contributed by atoms with Crippen LogP contribution in [-0.2, 0) is 17.0 Å². The molecule has 0 aliphatic carbocycles. The van der Waals surface area contributed by atoms with Crippen LogP contribution in [0.1, 0.15) is 11.3 Å². The van der Waals surface area contributed by atoms with Crippen LogP contribution in [0.2, 0.25) is 0 Å². The quantitative estimate of drug-likeness (QED) is 0.322. The summed E-state index contributed by atoms with van der Waals surface area (Å²) in [6, 6.07) is 14.2. The second kappa shape index (κ2) is 8.75. The fraction of sp³-hybridized carbons (Fsp3) is 0.111. The molecule has 1 aromatic carbocycles. The van der Waals surface area contributed by atoms with Gasteiger partial charge < -0.3 is 5.32 Å². The number of carbonyl (C=O) groups excluding carboxylic acids is 1. The Balaban J connectivity index is 1.30. The molecule has 0 radical (unpaired) electrons. The molecule has 0 atom stereocenters. The fourth-order valence-corrected chi connectivity index (χ4v) is 5.63. The highest BCUT2D eigenvalue weighted by molar-refractivity contribution is 8.00. The Hall–Kier alpha value is -2.07. The number of hydrogen-bond acceptors (Lipinski definition) is 8. The summed E-state index contributed by atoms with van der Waals surface area (Å²) in [5, 5.41) is 16.4. The van der Waals surface area contributed by atoms with Crippen LogP contribution in [0.25, 0.3) is 9.88 Å². The Morgan fingerprint density at radius 1 is 1.07 bits per heavy atom. The fourth-order valence-electron chi connectivity index (χ4n) is 2.27. The zero-order chi connectivity index (χ0) is 18.5. The van der Waals surface area contributed by atoms with Crippen LogP contribution in [0.5, 0.6) is 0 Å². The summed E-state index contributed by atoms with van der Waals surface area (Å²) in [4.78, 5) is 17.9. The predicted octanol–water partition coefficient (Wildman–Crippen LogP) is 5.20. The zero-order valence-corrected chi connectivity index (χ0v) is 17.3. The first-order chi connectivity index (χ1) is 13.3. The average molecular weight is 431 g/mol. The highest BCUT2D eigenvalue weighted by Gasteiger charge is 2.12. The maximum Gasteiger partial charge on any atom is 0.232 e. The lowest BCUT2D eigenvalue weighted by Crippen LogP contribution is -2.14. The number of nitrogens with zero attached hydrogens (tertiary/aromatic N) is 3. The standard InChI is InChI=1S/C18H14N4OS4/c23-15(9-13-11-25-16(19-13)14-7-4-8-24-14)20-17-21-22-18(27-17)26-10-12-5-2-1-3-6-12/h1-8,11H,9-10H2,(H,20,21,23). The molecule has 0 aliphatic heterocycles. The average Bonchev–Trinajstić information content (AvgIpc) is 3.42. The third-order valence-corrected chi connectivity index (χ3v) is 7.46. The second-order valence-electron chi connectivity index (χ2n) is 5.49. The van der Waals surface area contributed by atoms with E-state index in [-0.39, 0.29) is 12.3 Å². The molecule has 1 amide bonds. The minimum absolute atomic E-state index is 0.131. The number of aromatic nitrogens is 3. The largest absolute Gasteiger partial charge is 0.300 e. The van der Waals surface area contributed by atoms with Gasteiger partial charge in [-0.15, -0.1) is 32.9 Å². The van der Waals surface area contributed by atoms with E-state index in [0.717, 1.165) is 25.7 Å². The highest BCUT2D eigenvalue weighted by Crippen LogP contribution is 2.29. The van der Waals surface area contributed by atoms with Crippen molar-refractivity contribution >= 4 is 56.8 Å². The van der Waals surface area contributed by atoms with Crippen LogP contribution in [-0.4, -0.2) is 21.1 Å². The third-order valence-electron chi connectivity index (χ3n) is 3.48. The molecule has 0 aliphatic rings. The zero-order valence-electron chi connectivity index (χ0n) is 14.0. The molecule has 3 aromatic heterocycles. The summed E-state index contributed by atoms with van der Waals surface area (Å²) >= 11 is 6.20. The number of thioether (sulfide) groups is 1. The Labute approximate surface area is 172 Å². The van der Waals surface area contributed by atoms with Crippen molar-refractivity contribution in [2.75, 3.05) is 5.32 Å². The Morgan fingerprint density at radius 2 is 1.96 bits per heavy atom. The van der Waals surface area contributed by atoms with Crippen molar-refractivity contribution in [1.82, 2.24) is 15.2 Å². The monoisotopic (exact) mass is 430 g/mol. The highest BCUT2D eigenvalue weighted by atomic mass is 32.2. The maximum atomic E-state index is 12.3. The third kappa shape index (κ3) is 5.01. The first-order valence-electron chi connectivity index (χ1n) is 8.04. The smallest absolute Gasteiger partial charge is 0.232 e. The summed E-state index contributed by atoms with van der Waals surface area (Å²) < 4.78 is 0.836. The minimum atomic E-state index is -0.131. The molecule has 0 spiro atoms. The van der Waals surface area contributed by atoms with E-state index >= 15 is 0 Å². The van der Waals surface area contributed by atoms with Gasteiger partial charge in [-0.3, -0.25) is 4.79 Å². The topological polar surface area (TPSA) is 67.8 Å². The first kappa shape index (κ1) is 18.3. The number of benzene rings is 1. The molecule has 3 heterocycles. The maximum absolute atomic E-state index is 12.3. The van der Waals surface area contributed by atoms with Crippen molar-refractivity contribution in [3.05, 3.63) is 64.5 Å². The van der Waals surface area contributed by atoms with Gasteiger partial charge in [0.05, 0.1) is 17.0 Å². The van der Waals surface area contributed by atoms with E-state index in [1.807, 2.05) is 41.1 Å². The molecule has 4 rings (SSSR count). The Morgan fingerprint density at radius 3 is 2.78 bits per heavy atom. The molecule has 0 bridgehead atoms.